The maximum atomic E-state index is 6.02. The van der Waals surface area contributed by atoms with Gasteiger partial charge in [-0.3, -0.25) is 0 Å². The lowest BCUT2D eigenvalue weighted by molar-refractivity contribution is 0.282. The number of H-pyrrole nitrogens is 1. The van der Waals surface area contributed by atoms with E-state index in [0.29, 0.717) is 28.7 Å². The van der Waals surface area contributed by atoms with Crippen molar-refractivity contribution in [1.82, 2.24) is 14.9 Å². The summed E-state index contributed by atoms with van der Waals surface area (Å²) in [6.45, 7) is 0.417. The van der Waals surface area contributed by atoms with Gasteiger partial charge in [0, 0.05) is 10.0 Å². The van der Waals surface area contributed by atoms with E-state index in [2.05, 4.69) is 47.2 Å². The van der Waals surface area contributed by atoms with E-state index < -0.39 is 0 Å². The number of hydrogen-bond acceptors (Lipinski definition) is 5. The van der Waals surface area contributed by atoms with Gasteiger partial charge >= 0.3 is 0 Å². The third-order valence-electron chi connectivity index (χ3n) is 4.55. The van der Waals surface area contributed by atoms with Gasteiger partial charge in [0.2, 0.25) is 4.77 Å². The highest BCUT2D eigenvalue weighted by molar-refractivity contribution is 9.10. The maximum absolute atomic E-state index is 6.02. The number of nitrogens with zero attached hydrogens (tertiary/aromatic N) is 3. The Kier molecular flexibility index (Phi) is 7.19. The quantitative estimate of drug-likeness (QED) is 0.200. The van der Waals surface area contributed by atoms with Gasteiger partial charge in [-0.25, -0.2) is 5.10 Å². The highest BCUT2D eigenvalue weighted by Crippen LogP contribution is 2.37. The van der Waals surface area contributed by atoms with Crippen LogP contribution >= 0.6 is 44.1 Å². The Hall–Kier alpha value is -2.75. The molecule has 0 aliphatic rings. The monoisotopic (exact) mass is 572 g/mol. The summed E-state index contributed by atoms with van der Waals surface area (Å²) in [5, 5.41) is 11.6. The van der Waals surface area contributed by atoms with Gasteiger partial charge in [-0.2, -0.15) is 14.9 Å². The van der Waals surface area contributed by atoms with Gasteiger partial charge in [-0.05, 0) is 63.5 Å². The van der Waals surface area contributed by atoms with E-state index in [1.54, 1.807) is 18.0 Å². The van der Waals surface area contributed by atoms with Crippen LogP contribution in [0.5, 0.6) is 11.5 Å². The summed E-state index contributed by atoms with van der Waals surface area (Å²) in [6, 6.07) is 21.5. The summed E-state index contributed by atoms with van der Waals surface area (Å²) < 4.78 is 15.3. The highest BCUT2D eigenvalue weighted by atomic mass is 79.9. The van der Waals surface area contributed by atoms with E-state index >= 15 is 0 Å². The van der Waals surface area contributed by atoms with Crippen LogP contribution in [0.1, 0.15) is 11.1 Å². The molecule has 4 aromatic rings. The Bertz CT molecular complexity index is 1300. The second-order valence-electron chi connectivity index (χ2n) is 6.72. The van der Waals surface area contributed by atoms with Crippen molar-refractivity contribution in [3.8, 4) is 22.9 Å². The number of nitrogens with one attached hydrogen (secondary N) is 1. The summed E-state index contributed by atoms with van der Waals surface area (Å²) in [5.41, 5.74) is 2.77. The molecule has 0 saturated heterocycles. The van der Waals surface area contributed by atoms with Crippen LogP contribution in [0.3, 0.4) is 0 Å². The molecular weight excluding hydrogens is 556 g/mol. The smallest absolute Gasteiger partial charge is 0.216 e. The van der Waals surface area contributed by atoms with E-state index in [1.807, 2.05) is 66.7 Å². The number of halogens is 2. The Morgan fingerprint density at radius 1 is 1.09 bits per heavy atom. The topological polar surface area (TPSA) is 64.4 Å². The summed E-state index contributed by atoms with van der Waals surface area (Å²) in [4.78, 5) is 0. The lowest BCUT2D eigenvalue weighted by Gasteiger charge is -2.13. The van der Waals surface area contributed by atoms with Gasteiger partial charge in [0.25, 0.3) is 0 Å². The lowest BCUT2D eigenvalue weighted by atomic mass is 10.2. The zero-order valence-electron chi connectivity index (χ0n) is 17.0. The summed E-state index contributed by atoms with van der Waals surface area (Å²) in [5.74, 6) is 1.85. The van der Waals surface area contributed by atoms with Crippen molar-refractivity contribution >= 4 is 50.3 Å². The number of aromatic nitrogens is 3. The molecule has 1 heterocycles. The highest BCUT2D eigenvalue weighted by Gasteiger charge is 2.12. The van der Waals surface area contributed by atoms with E-state index in [9.17, 15) is 0 Å². The first-order valence-electron chi connectivity index (χ1n) is 9.57. The second-order valence-corrected chi connectivity index (χ2v) is 8.88. The van der Waals surface area contributed by atoms with Crippen LogP contribution < -0.4 is 9.47 Å². The molecule has 0 aliphatic heterocycles. The van der Waals surface area contributed by atoms with Crippen molar-refractivity contribution in [2.75, 3.05) is 7.11 Å². The van der Waals surface area contributed by atoms with Crippen molar-refractivity contribution < 1.29 is 9.47 Å². The first-order chi connectivity index (χ1) is 15.5. The fraction of sp³-hybridized carbons (Fsp3) is 0.0870. The predicted octanol–water partition coefficient (Wildman–Crippen LogP) is 6.60. The molecule has 0 radical (unpaired) electrons. The van der Waals surface area contributed by atoms with Crippen LogP contribution in [0.15, 0.2) is 80.8 Å². The molecule has 1 aromatic heterocycles. The van der Waals surface area contributed by atoms with Crippen molar-refractivity contribution in [3.63, 3.8) is 0 Å². The Morgan fingerprint density at radius 3 is 2.56 bits per heavy atom. The minimum Gasteiger partial charge on any atom is -0.493 e. The molecule has 0 spiro atoms. The largest absolute Gasteiger partial charge is 0.493 e. The predicted molar refractivity (Wildman–Crippen MR) is 135 cm³/mol. The number of hydrogen-bond donors (Lipinski definition) is 1. The van der Waals surface area contributed by atoms with E-state index in [1.165, 1.54) is 0 Å². The van der Waals surface area contributed by atoms with Gasteiger partial charge in [0.15, 0.2) is 17.3 Å². The molecule has 0 fully saturated rings. The number of methoxy groups -OCH3 is 1. The SMILES string of the molecule is COc1cc(/C=N\n2c(-c3ccccc3)n[nH]c2=S)cc(Br)c1OCc1ccc(Br)cc1. The van der Waals surface area contributed by atoms with E-state index in [0.717, 1.165) is 25.6 Å². The standard InChI is InChI=1S/C23H18Br2N4O2S/c1-30-20-12-16(11-19(25)21(20)31-14-15-7-9-18(24)10-8-15)13-26-29-22(27-28-23(29)32)17-5-3-2-4-6-17/h2-13H,14H2,1H3,(H,28,32)/b26-13-. The number of benzene rings is 3. The zero-order valence-corrected chi connectivity index (χ0v) is 20.9. The zero-order chi connectivity index (χ0) is 22.5. The Labute approximate surface area is 207 Å². The van der Waals surface area contributed by atoms with Gasteiger partial charge in [-0.1, -0.05) is 58.4 Å². The summed E-state index contributed by atoms with van der Waals surface area (Å²) in [6.07, 6.45) is 1.70. The number of aromatic amines is 1. The average Bonchev–Trinajstić information content (AvgIpc) is 3.18. The molecule has 0 saturated carbocycles. The molecule has 0 atom stereocenters. The first-order valence-corrected chi connectivity index (χ1v) is 11.6. The molecule has 0 unspecified atom stereocenters. The molecule has 6 nitrogen and oxygen atoms in total. The van der Waals surface area contributed by atoms with E-state index in [-0.39, 0.29) is 0 Å². The average molecular weight is 574 g/mol. The van der Waals surface area contributed by atoms with Crippen LogP contribution in [0.4, 0.5) is 0 Å². The van der Waals surface area contributed by atoms with E-state index in [4.69, 9.17) is 21.7 Å². The molecule has 4 rings (SSSR count). The Balaban J connectivity index is 1.59. The Morgan fingerprint density at radius 2 is 1.84 bits per heavy atom. The molecule has 1 N–H and O–H groups in total. The van der Waals surface area contributed by atoms with Crippen LogP contribution in [0, 0.1) is 4.77 Å². The fourth-order valence-corrected chi connectivity index (χ4v) is 4.01. The van der Waals surface area contributed by atoms with Crippen molar-refractivity contribution in [2.45, 2.75) is 6.61 Å². The lowest BCUT2D eigenvalue weighted by Crippen LogP contribution is -2.00. The molecule has 0 bridgehead atoms. The minimum absolute atomic E-state index is 0.403. The van der Waals surface area contributed by atoms with Gasteiger partial charge in [0.05, 0.1) is 17.8 Å². The molecule has 162 valence electrons. The van der Waals surface area contributed by atoms with Crippen LogP contribution in [0.2, 0.25) is 0 Å². The molecule has 9 heteroatoms. The number of ether oxygens (including phenoxy) is 2. The molecule has 3 aromatic carbocycles. The third kappa shape index (κ3) is 5.17. The fourth-order valence-electron chi connectivity index (χ4n) is 2.99. The van der Waals surface area contributed by atoms with Crippen LogP contribution in [-0.2, 0) is 6.61 Å². The molecule has 0 amide bonds. The maximum Gasteiger partial charge on any atom is 0.216 e. The van der Waals surface area contributed by atoms with Crippen molar-refractivity contribution in [1.29, 1.82) is 0 Å². The minimum atomic E-state index is 0.403. The molecule has 32 heavy (non-hydrogen) atoms. The van der Waals surface area contributed by atoms with Gasteiger partial charge in [-0.15, -0.1) is 0 Å². The second kappa shape index (κ2) is 10.2. The van der Waals surface area contributed by atoms with Crippen LogP contribution in [0.25, 0.3) is 11.4 Å². The van der Waals surface area contributed by atoms with Gasteiger partial charge < -0.3 is 9.47 Å². The third-order valence-corrected chi connectivity index (χ3v) is 5.93. The van der Waals surface area contributed by atoms with Crippen molar-refractivity contribution in [3.05, 3.63) is 91.6 Å². The normalized spacial score (nSPS) is 11.1. The number of rotatable bonds is 7. The summed E-state index contributed by atoms with van der Waals surface area (Å²) in [7, 11) is 1.61. The first kappa shape index (κ1) is 22.4. The summed E-state index contributed by atoms with van der Waals surface area (Å²) >= 11 is 12.4. The van der Waals surface area contributed by atoms with Crippen LogP contribution in [-0.4, -0.2) is 28.2 Å². The molecule has 0 aliphatic carbocycles. The van der Waals surface area contributed by atoms with Gasteiger partial charge in [0.1, 0.15) is 6.61 Å². The van der Waals surface area contributed by atoms with Crippen molar-refractivity contribution in [2.24, 2.45) is 5.10 Å². The molecular formula is C23H18Br2N4O2S.